The molecule has 0 atom stereocenters. The van der Waals surface area contributed by atoms with Gasteiger partial charge in [0.25, 0.3) is 3.92 Å². The van der Waals surface area contributed by atoms with Gasteiger partial charge in [0.15, 0.2) is 0 Å². The Morgan fingerprint density at radius 1 is 1.00 bits per heavy atom. The molecule has 0 fully saturated rings. The van der Waals surface area contributed by atoms with Crippen molar-refractivity contribution in [1.29, 1.82) is 0 Å². The smallest absolute Gasteiger partial charge is 0.187 e. The number of hydrogen-bond donors (Lipinski definition) is 0. The predicted molar refractivity (Wildman–Crippen MR) is 43.3 cm³/mol. The Labute approximate surface area is 99.2 Å². The SMILES string of the molecule is FC(F)(F)C(F)(F)c1nnnn1C(Cl)(Cl)Cl. The second kappa shape index (κ2) is 3.81. The van der Waals surface area contributed by atoms with E-state index in [-0.39, 0.29) is 4.68 Å². The van der Waals surface area contributed by atoms with Crippen LogP contribution in [0.15, 0.2) is 0 Å². The van der Waals surface area contributed by atoms with Crippen LogP contribution in [0.1, 0.15) is 5.82 Å². The van der Waals surface area contributed by atoms with Crippen LogP contribution >= 0.6 is 34.8 Å². The molecule has 0 radical (unpaired) electrons. The van der Waals surface area contributed by atoms with E-state index in [1.807, 2.05) is 0 Å². The zero-order valence-electron chi connectivity index (χ0n) is 6.81. The lowest BCUT2D eigenvalue weighted by atomic mass is 10.3. The highest BCUT2D eigenvalue weighted by atomic mass is 35.6. The van der Waals surface area contributed by atoms with E-state index in [0.717, 1.165) is 0 Å². The van der Waals surface area contributed by atoms with Crippen LogP contribution in [0.5, 0.6) is 0 Å². The maximum atomic E-state index is 12.8. The molecule has 0 spiro atoms. The highest BCUT2D eigenvalue weighted by Gasteiger charge is 2.63. The van der Waals surface area contributed by atoms with Gasteiger partial charge in [0.05, 0.1) is 0 Å². The molecule has 0 amide bonds. The van der Waals surface area contributed by atoms with Crippen LogP contribution in [0.3, 0.4) is 0 Å². The van der Waals surface area contributed by atoms with Crippen molar-refractivity contribution in [2.75, 3.05) is 0 Å². The fourth-order valence-corrected chi connectivity index (χ4v) is 1.02. The largest absolute Gasteiger partial charge is 0.461 e. The Kier molecular flexibility index (Phi) is 3.25. The number of alkyl halides is 8. The van der Waals surface area contributed by atoms with Crippen molar-refractivity contribution >= 4 is 34.8 Å². The maximum absolute atomic E-state index is 12.8. The first-order valence-corrected chi connectivity index (χ1v) is 4.42. The van der Waals surface area contributed by atoms with Gasteiger partial charge in [-0.3, -0.25) is 0 Å². The monoisotopic (exact) mass is 304 g/mol. The van der Waals surface area contributed by atoms with E-state index in [2.05, 4.69) is 15.5 Å². The van der Waals surface area contributed by atoms with Crippen molar-refractivity contribution < 1.29 is 22.0 Å². The maximum Gasteiger partial charge on any atom is 0.461 e. The molecule has 0 aliphatic carbocycles. The van der Waals surface area contributed by atoms with Crippen LogP contribution in [-0.4, -0.2) is 26.4 Å². The third kappa shape index (κ3) is 2.30. The Balaban J connectivity index is 3.31. The number of rotatable bonds is 1. The van der Waals surface area contributed by atoms with Crippen LogP contribution in [0.4, 0.5) is 22.0 Å². The average Bonchev–Trinajstić information content (AvgIpc) is 2.47. The fourth-order valence-electron chi connectivity index (χ4n) is 0.680. The zero-order chi connectivity index (χ0) is 12.8. The van der Waals surface area contributed by atoms with Gasteiger partial charge in [-0.1, -0.05) is 34.8 Å². The van der Waals surface area contributed by atoms with Gasteiger partial charge in [-0.15, -0.1) is 5.10 Å². The lowest BCUT2D eigenvalue weighted by Crippen LogP contribution is -2.38. The highest BCUT2D eigenvalue weighted by molar-refractivity contribution is 6.64. The molecule has 0 unspecified atom stereocenters. The molecule has 92 valence electrons. The highest BCUT2D eigenvalue weighted by Crippen LogP contribution is 2.45. The zero-order valence-corrected chi connectivity index (χ0v) is 9.08. The van der Waals surface area contributed by atoms with Crippen LogP contribution in [0.2, 0.25) is 0 Å². The molecule has 0 aliphatic heterocycles. The van der Waals surface area contributed by atoms with Crippen molar-refractivity contribution in [3.63, 3.8) is 0 Å². The summed E-state index contributed by atoms with van der Waals surface area (Å²) in [4.78, 5) is 0. The van der Waals surface area contributed by atoms with Crippen molar-refractivity contribution in [3.05, 3.63) is 5.82 Å². The van der Waals surface area contributed by atoms with Gasteiger partial charge in [0.2, 0.25) is 5.82 Å². The molecule has 0 N–H and O–H groups in total. The van der Waals surface area contributed by atoms with E-state index >= 15 is 0 Å². The van der Waals surface area contributed by atoms with Gasteiger partial charge in [0, 0.05) is 0 Å². The summed E-state index contributed by atoms with van der Waals surface area (Å²) in [5, 5.41) is 7.84. The number of halogens is 8. The van der Waals surface area contributed by atoms with Crippen molar-refractivity contribution in [2.24, 2.45) is 0 Å². The Morgan fingerprint density at radius 3 is 1.88 bits per heavy atom. The standard InChI is InChI=1S/C4Cl3F5N4/c5-4(6,7)16-1(13-14-15-16)2(8,9)3(10,11)12. The van der Waals surface area contributed by atoms with Gasteiger partial charge in [-0.25, -0.2) is 0 Å². The van der Waals surface area contributed by atoms with E-state index < -0.39 is 21.8 Å². The molecule has 0 saturated heterocycles. The van der Waals surface area contributed by atoms with Crippen LogP contribution in [0.25, 0.3) is 0 Å². The summed E-state index contributed by atoms with van der Waals surface area (Å²) in [6.07, 6.45) is -5.89. The van der Waals surface area contributed by atoms with Crippen LogP contribution in [0, 0.1) is 0 Å². The molecule has 0 aliphatic rings. The van der Waals surface area contributed by atoms with Crippen LogP contribution < -0.4 is 0 Å². The molecule has 1 heterocycles. The second-order valence-electron chi connectivity index (χ2n) is 2.45. The molecule has 0 aromatic carbocycles. The number of aromatic nitrogens is 4. The van der Waals surface area contributed by atoms with E-state index in [9.17, 15) is 22.0 Å². The van der Waals surface area contributed by atoms with E-state index in [1.54, 1.807) is 0 Å². The summed E-state index contributed by atoms with van der Waals surface area (Å²) in [5.74, 6) is -7.22. The van der Waals surface area contributed by atoms with Crippen molar-refractivity contribution in [1.82, 2.24) is 20.2 Å². The molecule has 0 bridgehead atoms. The molecular formula is C4Cl3F5N4. The summed E-state index contributed by atoms with van der Waals surface area (Å²) >= 11 is 15.3. The Morgan fingerprint density at radius 2 is 1.50 bits per heavy atom. The Hall–Kier alpha value is -0.410. The third-order valence-corrected chi connectivity index (χ3v) is 1.83. The molecule has 12 heteroatoms. The fraction of sp³-hybridized carbons (Fsp3) is 0.750. The van der Waals surface area contributed by atoms with E-state index in [1.165, 1.54) is 0 Å². The number of nitrogens with zero attached hydrogens (tertiary/aromatic N) is 4. The van der Waals surface area contributed by atoms with Crippen LogP contribution in [-0.2, 0) is 9.84 Å². The second-order valence-corrected chi connectivity index (χ2v) is 4.68. The summed E-state index contributed by atoms with van der Waals surface area (Å²) < 4.78 is 58.7. The first kappa shape index (κ1) is 13.7. The quantitative estimate of drug-likeness (QED) is 0.592. The van der Waals surface area contributed by atoms with E-state index in [4.69, 9.17) is 34.8 Å². The molecule has 4 nitrogen and oxygen atoms in total. The van der Waals surface area contributed by atoms with Crippen molar-refractivity contribution in [2.45, 2.75) is 16.0 Å². The minimum absolute atomic E-state index is 0.245. The minimum atomic E-state index is -5.89. The lowest BCUT2D eigenvalue weighted by molar-refractivity contribution is -0.293. The van der Waals surface area contributed by atoms with Gasteiger partial charge < -0.3 is 0 Å². The number of tetrazole rings is 1. The molecular weight excluding hydrogens is 305 g/mol. The Bertz CT molecular complexity index is 382. The third-order valence-electron chi connectivity index (χ3n) is 1.35. The summed E-state index contributed by atoms with van der Waals surface area (Å²) in [6.45, 7) is 0. The molecule has 1 aromatic rings. The molecule has 0 saturated carbocycles. The van der Waals surface area contributed by atoms with Crippen molar-refractivity contribution in [3.8, 4) is 0 Å². The predicted octanol–water partition coefficient (Wildman–Crippen LogP) is 2.61. The summed E-state index contributed by atoms with van der Waals surface area (Å²) in [7, 11) is 0. The van der Waals surface area contributed by atoms with Gasteiger partial charge in [0.1, 0.15) is 0 Å². The minimum Gasteiger partial charge on any atom is -0.187 e. The number of hydrogen-bond acceptors (Lipinski definition) is 3. The van der Waals surface area contributed by atoms with Gasteiger partial charge >= 0.3 is 12.1 Å². The first-order valence-electron chi connectivity index (χ1n) is 3.28. The van der Waals surface area contributed by atoms with Gasteiger partial charge in [-0.2, -0.15) is 26.6 Å². The molecule has 16 heavy (non-hydrogen) atoms. The topological polar surface area (TPSA) is 43.6 Å². The van der Waals surface area contributed by atoms with Gasteiger partial charge in [-0.05, 0) is 10.4 Å². The van der Waals surface area contributed by atoms with E-state index in [0.29, 0.717) is 0 Å². The average molecular weight is 305 g/mol. The molecule has 1 rings (SSSR count). The normalized spacial score (nSPS) is 14.2. The molecule has 1 aromatic heterocycles. The summed E-state index contributed by atoms with van der Waals surface area (Å²) in [6, 6.07) is 0. The first-order chi connectivity index (χ1) is 6.98. The summed E-state index contributed by atoms with van der Waals surface area (Å²) in [5.41, 5.74) is 0. The lowest BCUT2D eigenvalue weighted by Gasteiger charge is -2.20.